The maximum atomic E-state index is 12.0. The molecule has 0 saturated carbocycles. The van der Waals surface area contributed by atoms with E-state index in [0.717, 1.165) is 6.08 Å². The van der Waals surface area contributed by atoms with Crippen molar-refractivity contribution in [3.63, 3.8) is 0 Å². The second-order valence-corrected chi connectivity index (χ2v) is 2.23. The van der Waals surface area contributed by atoms with Gasteiger partial charge in [0.15, 0.2) is 0 Å². The van der Waals surface area contributed by atoms with Crippen molar-refractivity contribution in [1.29, 1.82) is 0 Å². The van der Waals surface area contributed by atoms with Crippen LogP contribution < -0.4 is 0 Å². The van der Waals surface area contributed by atoms with Crippen LogP contribution in [0.5, 0.6) is 0 Å². The topological polar surface area (TPSA) is 55.5 Å². The van der Waals surface area contributed by atoms with E-state index < -0.39 is 22.8 Å². The summed E-state index contributed by atoms with van der Waals surface area (Å²) in [5, 5.41) is 1.75. The lowest BCUT2D eigenvalue weighted by molar-refractivity contribution is -0.142. The Morgan fingerprint density at radius 2 is 2.15 bits per heavy atom. The molecule has 0 atom stereocenters. The molecule has 1 heterocycles. The lowest BCUT2D eigenvalue weighted by atomic mass is 10.4. The first-order valence-electron chi connectivity index (χ1n) is 2.77. The predicted octanol–water partition coefficient (Wildman–Crippen LogP) is 2.31. The number of rotatable bonds is 1. The first-order chi connectivity index (χ1) is 5.96. The average molecular weight is 213 g/mol. The van der Waals surface area contributed by atoms with Crippen LogP contribution in [0.4, 0.5) is 19.1 Å². The van der Waals surface area contributed by atoms with Gasteiger partial charge in [-0.05, 0) is 0 Å². The van der Waals surface area contributed by atoms with Gasteiger partial charge in [0.2, 0.25) is 11.8 Å². The second kappa shape index (κ2) is 3.20. The van der Waals surface area contributed by atoms with Crippen molar-refractivity contribution in [2.45, 2.75) is 6.18 Å². The molecule has 0 fully saturated rings. The Bertz CT molecular complexity index is 366. The monoisotopic (exact) mass is 212 g/mol. The smallest absolute Gasteiger partial charge is 0.333 e. The van der Waals surface area contributed by atoms with Crippen molar-refractivity contribution < 1.29 is 22.5 Å². The molecule has 13 heavy (non-hydrogen) atoms. The molecular weight excluding hydrogens is 213 g/mol. The lowest BCUT2D eigenvalue weighted by Crippen LogP contribution is -2.05. The zero-order valence-corrected chi connectivity index (χ0v) is 6.48. The van der Waals surface area contributed by atoms with E-state index in [1.807, 2.05) is 0 Å². The molecule has 70 valence electrons. The Kier molecular flexibility index (Phi) is 2.40. The SMILES string of the molecule is O=C=Nc1onc(C(F)(F)F)c1Cl. The minimum atomic E-state index is -4.72. The number of carbonyl (C=O) groups excluding carboxylic acids is 1. The summed E-state index contributed by atoms with van der Waals surface area (Å²) in [6.45, 7) is 0. The number of halogens is 4. The fourth-order valence-corrected chi connectivity index (χ4v) is 0.776. The van der Waals surface area contributed by atoms with Crippen LogP contribution in [0.25, 0.3) is 0 Å². The van der Waals surface area contributed by atoms with E-state index >= 15 is 0 Å². The Morgan fingerprint density at radius 3 is 2.54 bits per heavy atom. The van der Waals surface area contributed by atoms with Crippen LogP contribution in [0.2, 0.25) is 5.02 Å². The van der Waals surface area contributed by atoms with Crippen LogP contribution in [0.15, 0.2) is 9.52 Å². The lowest BCUT2D eigenvalue weighted by Gasteiger charge is -1.99. The number of hydrogen-bond acceptors (Lipinski definition) is 4. The van der Waals surface area contributed by atoms with E-state index in [1.54, 1.807) is 0 Å². The Hall–Kier alpha value is -1.33. The molecule has 1 rings (SSSR count). The van der Waals surface area contributed by atoms with E-state index in [9.17, 15) is 18.0 Å². The molecule has 0 amide bonds. The van der Waals surface area contributed by atoms with Gasteiger partial charge in [0.25, 0.3) is 5.88 Å². The largest absolute Gasteiger partial charge is 0.438 e. The molecule has 0 aliphatic rings. The van der Waals surface area contributed by atoms with E-state index in [0.29, 0.717) is 0 Å². The number of nitrogens with zero attached hydrogens (tertiary/aromatic N) is 2. The fraction of sp³-hybridized carbons (Fsp3) is 0.200. The molecule has 0 bridgehead atoms. The number of isocyanates is 1. The fourth-order valence-electron chi connectivity index (χ4n) is 0.557. The van der Waals surface area contributed by atoms with Gasteiger partial charge < -0.3 is 4.52 Å². The minimum Gasteiger partial charge on any atom is -0.333 e. The molecule has 1 aromatic rings. The molecule has 0 saturated heterocycles. The van der Waals surface area contributed by atoms with Gasteiger partial charge in [0.05, 0.1) is 0 Å². The molecule has 1 aromatic heterocycles. The van der Waals surface area contributed by atoms with Gasteiger partial charge in [-0.15, -0.1) is 4.99 Å². The standard InChI is InChI=1S/C5ClF3N2O2/c6-2-3(5(7,8)9)11-13-4(2)10-1-12. The molecule has 8 heteroatoms. The zero-order chi connectivity index (χ0) is 10.1. The van der Waals surface area contributed by atoms with Crippen LogP contribution in [0.3, 0.4) is 0 Å². The number of aliphatic imine (C=N–C) groups is 1. The van der Waals surface area contributed by atoms with Gasteiger partial charge in [-0.25, -0.2) is 4.79 Å². The summed E-state index contributed by atoms with van der Waals surface area (Å²) in [6.07, 6.45) is -3.75. The molecule has 0 radical (unpaired) electrons. The van der Waals surface area contributed by atoms with Crippen molar-refractivity contribution in [3.8, 4) is 0 Å². The maximum Gasteiger partial charge on any atom is 0.438 e. The van der Waals surface area contributed by atoms with Gasteiger partial charge in [-0.3, -0.25) is 0 Å². The Labute approximate surface area is 74.0 Å². The van der Waals surface area contributed by atoms with Crippen LogP contribution in [-0.2, 0) is 11.0 Å². The van der Waals surface area contributed by atoms with Crippen molar-refractivity contribution in [2.75, 3.05) is 0 Å². The van der Waals surface area contributed by atoms with Crippen molar-refractivity contribution in [2.24, 2.45) is 4.99 Å². The summed E-state index contributed by atoms with van der Waals surface area (Å²) in [7, 11) is 0. The van der Waals surface area contributed by atoms with Gasteiger partial charge in [-0.2, -0.15) is 13.2 Å². The van der Waals surface area contributed by atoms with Crippen LogP contribution in [0.1, 0.15) is 5.69 Å². The molecule has 0 aliphatic carbocycles. The molecule has 0 spiro atoms. The van der Waals surface area contributed by atoms with Crippen molar-refractivity contribution >= 4 is 23.6 Å². The van der Waals surface area contributed by atoms with E-state index in [4.69, 9.17) is 11.6 Å². The molecule has 0 N–H and O–H groups in total. The third-order valence-electron chi connectivity index (χ3n) is 1.03. The average Bonchev–Trinajstić information content (AvgIpc) is 2.32. The Balaban J connectivity index is 3.21. The van der Waals surface area contributed by atoms with Gasteiger partial charge in [0.1, 0.15) is 5.02 Å². The number of alkyl halides is 3. The number of hydrogen-bond donors (Lipinski definition) is 0. The highest BCUT2D eigenvalue weighted by Crippen LogP contribution is 2.38. The van der Waals surface area contributed by atoms with E-state index in [1.165, 1.54) is 0 Å². The third kappa shape index (κ3) is 1.88. The molecule has 4 nitrogen and oxygen atoms in total. The quantitative estimate of drug-likeness (QED) is 0.530. The summed E-state index contributed by atoms with van der Waals surface area (Å²) < 4.78 is 39.9. The van der Waals surface area contributed by atoms with Crippen molar-refractivity contribution in [1.82, 2.24) is 5.16 Å². The summed E-state index contributed by atoms with van der Waals surface area (Å²) in [6, 6.07) is 0. The Morgan fingerprint density at radius 1 is 1.54 bits per heavy atom. The predicted molar refractivity (Wildman–Crippen MR) is 34.3 cm³/mol. The van der Waals surface area contributed by atoms with E-state index in [2.05, 4.69) is 14.7 Å². The highest BCUT2D eigenvalue weighted by Gasteiger charge is 2.39. The van der Waals surface area contributed by atoms with Crippen LogP contribution in [0, 0.1) is 0 Å². The maximum absolute atomic E-state index is 12.0. The molecular formula is C5ClF3N2O2. The normalized spacial score (nSPS) is 11.1. The zero-order valence-electron chi connectivity index (χ0n) is 5.72. The highest BCUT2D eigenvalue weighted by molar-refractivity contribution is 6.33. The van der Waals surface area contributed by atoms with Crippen molar-refractivity contribution in [3.05, 3.63) is 10.7 Å². The van der Waals surface area contributed by atoms with Crippen LogP contribution >= 0.6 is 11.6 Å². The third-order valence-corrected chi connectivity index (χ3v) is 1.38. The molecule has 0 aromatic carbocycles. The summed E-state index contributed by atoms with van der Waals surface area (Å²) in [5.74, 6) is -0.705. The molecule has 0 aliphatic heterocycles. The van der Waals surface area contributed by atoms with Crippen LogP contribution in [-0.4, -0.2) is 11.2 Å². The molecule has 0 unspecified atom stereocenters. The highest BCUT2D eigenvalue weighted by atomic mass is 35.5. The van der Waals surface area contributed by atoms with Gasteiger partial charge in [0, 0.05) is 0 Å². The van der Waals surface area contributed by atoms with E-state index in [-0.39, 0.29) is 0 Å². The summed E-state index contributed by atoms with van der Waals surface area (Å²) in [5.41, 5.74) is -1.41. The summed E-state index contributed by atoms with van der Waals surface area (Å²) in [4.78, 5) is 12.4. The second-order valence-electron chi connectivity index (χ2n) is 1.85. The summed E-state index contributed by atoms with van der Waals surface area (Å²) >= 11 is 5.14. The first kappa shape index (κ1) is 9.76. The number of aromatic nitrogens is 1. The van der Waals surface area contributed by atoms with Gasteiger partial charge >= 0.3 is 6.18 Å². The minimum absolute atomic E-state index is 0.705. The first-order valence-corrected chi connectivity index (χ1v) is 3.15. The van der Waals surface area contributed by atoms with Gasteiger partial charge in [-0.1, -0.05) is 16.8 Å².